The molecule has 0 aliphatic rings. The van der Waals surface area contributed by atoms with Crippen molar-refractivity contribution in [3.8, 4) is 0 Å². The number of aryl methyl sites for hydroxylation is 1. The molecular formula is C15H15N3S. The van der Waals surface area contributed by atoms with Crippen LogP contribution in [0.15, 0.2) is 41.9 Å². The molecule has 0 amide bonds. The molecule has 0 unspecified atom stereocenters. The maximum absolute atomic E-state index is 4.46. The van der Waals surface area contributed by atoms with Gasteiger partial charge in [0, 0.05) is 30.1 Å². The monoisotopic (exact) mass is 269 g/mol. The first kappa shape index (κ1) is 12.3. The zero-order valence-corrected chi connectivity index (χ0v) is 11.6. The summed E-state index contributed by atoms with van der Waals surface area (Å²) in [4.78, 5) is 8.90. The third kappa shape index (κ3) is 2.80. The summed E-state index contributed by atoms with van der Waals surface area (Å²) in [5.74, 6) is 0. The van der Waals surface area contributed by atoms with Gasteiger partial charge in [0.05, 0.1) is 16.2 Å². The Kier molecular flexibility index (Phi) is 3.53. The number of nitrogens with zero attached hydrogens (tertiary/aromatic N) is 2. The molecule has 0 fully saturated rings. The number of thiazole rings is 1. The second-order valence-corrected chi connectivity index (χ2v) is 5.52. The SMILES string of the molecule is Cc1nc(CNCc2cccc3cccnc23)cs1. The van der Waals surface area contributed by atoms with E-state index in [4.69, 9.17) is 0 Å². The first-order valence-electron chi connectivity index (χ1n) is 6.27. The Morgan fingerprint density at radius 2 is 2.05 bits per heavy atom. The van der Waals surface area contributed by atoms with Crippen molar-refractivity contribution in [1.29, 1.82) is 0 Å². The van der Waals surface area contributed by atoms with E-state index in [1.807, 2.05) is 19.2 Å². The molecule has 0 bridgehead atoms. The zero-order chi connectivity index (χ0) is 13.1. The van der Waals surface area contributed by atoms with Gasteiger partial charge in [-0.2, -0.15) is 0 Å². The van der Waals surface area contributed by atoms with Gasteiger partial charge >= 0.3 is 0 Å². The molecule has 1 aromatic carbocycles. The van der Waals surface area contributed by atoms with Gasteiger partial charge < -0.3 is 5.32 Å². The highest BCUT2D eigenvalue weighted by atomic mass is 32.1. The van der Waals surface area contributed by atoms with E-state index in [-0.39, 0.29) is 0 Å². The lowest BCUT2D eigenvalue weighted by atomic mass is 10.1. The van der Waals surface area contributed by atoms with Gasteiger partial charge in [-0.25, -0.2) is 4.98 Å². The van der Waals surface area contributed by atoms with Crippen molar-refractivity contribution in [2.24, 2.45) is 0 Å². The van der Waals surface area contributed by atoms with E-state index < -0.39 is 0 Å². The minimum atomic E-state index is 0.799. The molecule has 3 rings (SSSR count). The molecule has 0 radical (unpaired) electrons. The Labute approximate surface area is 116 Å². The molecule has 0 spiro atoms. The maximum atomic E-state index is 4.46. The number of pyridine rings is 1. The maximum Gasteiger partial charge on any atom is 0.0897 e. The summed E-state index contributed by atoms with van der Waals surface area (Å²) in [6.07, 6.45) is 1.84. The summed E-state index contributed by atoms with van der Waals surface area (Å²) in [6.45, 7) is 3.64. The predicted molar refractivity (Wildman–Crippen MR) is 79.1 cm³/mol. The van der Waals surface area contributed by atoms with Crippen LogP contribution in [-0.4, -0.2) is 9.97 Å². The number of aromatic nitrogens is 2. The molecule has 3 nitrogen and oxygen atoms in total. The lowest BCUT2D eigenvalue weighted by molar-refractivity contribution is 0.684. The van der Waals surface area contributed by atoms with Gasteiger partial charge in [0.2, 0.25) is 0 Å². The summed E-state index contributed by atoms with van der Waals surface area (Å²) < 4.78 is 0. The molecule has 2 aromatic heterocycles. The molecule has 0 aliphatic heterocycles. The number of benzene rings is 1. The van der Waals surface area contributed by atoms with Crippen LogP contribution in [-0.2, 0) is 13.1 Å². The van der Waals surface area contributed by atoms with Gasteiger partial charge in [-0.15, -0.1) is 11.3 Å². The van der Waals surface area contributed by atoms with E-state index >= 15 is 0 Å². The largest absolute Gasteiger partial charge is 0.307 e. The van der Waals surface area contributed by atoms with E-state index in [0.29, 0.717) is 0 Å². The molecule has 0 aliphatic carbocycles. The average molecular weight is 269 g/mol. The smallest absolute Gasteiger partial charge is 0.0897 e. The van der Waals surface area contributed by atoms with Crippen molar-refractivity contribution >= 4 is 22.2 Å². The van der Waals surface area contributed by atoms with Crippen LogP contribution in [0.25, 0.3) is 10.9 Å². The number of fused-ring (bicyclic) bond motifs is 1. The standard InChI is InChI=1S/C15H15N3S/c1-11-18-14(10-19-11)9-16-8-13-5-2-4-12-6-3-7-17-15(12)13/h2-7,10,16H,8-9H2,1H3. The number of rotatable bonds is 4. The normalized spacial score (nSPS) is 11.0. The summed E-state index contributed by atoms with van der Waals surface area (Å²) >= 11 is 1.69. The average Bonchev–Trinajstić information content (AvgIpc) is 2.85. The highest BCUT2D eigenvalue weighted by molar-refractivity contribution is 7.09. The van der Waals surface area contributed by atoms with Crippen molar-refractivity contribution in [2.45, 2.75) is 20.0 Å². The molecule has 3 aromatic rings. The third-order valence-electron chi connectivity index (χ3n) is 3.00. The van der Waals surface area contributed by atoms with Gasteiger partial charge in [-0.3, -0.25) is 4.98 Å². The van der Waals surface area contributed by atoms with Gasteiger partial charge in [-0.1, -0.05) is 24.3 Å². The van der Waals surface area contributed by atoms with Crippen molar-refractivity contribution in [3.63, 3.8) is 0 Å². The highest BCUT2D eigenvalue weighted by Crippen LogP contribution is 2.16. The van der Waals surface area contributed by atoms with Crippen molar-refractivity contribution in [2.75, 3.05) is 0 Å². The van der Waals surface area contributed by atoms with Crippen LogP contribution < -0.4 is 5.32 Å². The molecule has 96 valence electrons. The molecule has 0 saturated heterocycles. The summed E-state index contributed by atoms with van der Waals surface area (Å²) in [7, 11) is 0. The first-order chi connectivity index (χ1) is 9.33. The molecule has 2 heterocycles. The number of nitrogens with one attached hydrogen (secondary N) is 1. The Bertz CT molecular complexity index is 685. The number of hydrogen-bond acceptors (Lipinski definition) is 4. The van der Waals surface area contributed by atoms with E-state index in [9.17, 15) is 0 Å². The van der Waals surface area contributed by atoms with Crippen molar-refractivity contribution < 1.29 is 0 Å². The molecule has 4 heteroatoms. The van der Waals surface area contributed by atoms with Crippen LogP contribution in [0.5, 0.6) is 0 Å². The van der Waals surface area contributed by atoms with E-state index in [2.05, 4.69) is 44.9 Å². The fourth-order valence-electron chi connectivity index (χ4n) is 2.12. The Balaban J connectivity index is 1.71. The Morgan fingerprint density at radius 1 is 1.16 bits per heavy atom. The number of para-hydroxylation sites is 1. The van der Waals surface area contributed by atoms with Gasteiger partial charge in [0.15, 0.2) is 0 Å². The topological polar surface area (TPSA) is 37.8 Å². The zero-order valence-electron chi connectivity index (χ0n) is 10.8. The first-order valence-corrected chi connectivity index (χ1v) is 7.15. The fourth-order valence-corrected chi connectivity index (χ4v) is 2.74. The molecule has 19 heavy (non-hydrogen) atoms. The summed E-state index contributed by atoms with van der Waals surface area (Å²) in [5, 5.41) is 7.83. The van der Waals surface area contributed by atoms with Crippen LogP contribution >= 0.6 is 11.3 Å². The van der Waals surface area contributed by atoms with Crippen molar-refractivity contribution in [3.05, 3.63) is 58.2 Å². The van der Waals surface area contributed by atoms with E-state index in [1.54, 1.807) is 11.3 Å². The molecule has 0 atom stereocenters. The second kappa shape index (κ2) is 5.47. The molecule has 0 saturated carbocycles. The summed E-state index contributed by atoms with van der Waals surface area (Å²) in [5.41, 5.74) is 3.41. The van der Waals surface area contributed by atoms with Crippen LogP contribution in [0.1, 0.15) is 16.3 Å². The fraction of sp³-hybridized carbons (Fsp3) is 0.200. The van der Waals surface area contributed by atoms with Gasteiger partial charge in [0.1, 0.15) is 0 Å². The molecular weight excluding hydrogens is 254 g/mol. The quantitative estimate of drug-likeness (QED) is 0.789. The van der Waals surface area contributed by atoms with Crippen LogP contribution in [0, 0.1) is 6.92 Å². The van der Waals surface area contributed by atoms with E-state index in [1.165, 1.54) is 10.9 Å². The lowest BCUT2D eigenvalue weighted by Crippen LogP contribution is -2.13. The third-order valence-corrected chi connectivity index (χ3v) is 3.83. The second-order valence-electron chi connectivity index (χ2n) is 4.45. The van der Waals surface area contributed by atoms with Gasteiger partial charge in [-0.05, 0) is 18.6 Å². The lowest BCUT2D eigenvalue weighted by Gasteiger charge is -2.06. The Hall–Kier alpha value is -1.78. The van der Waals surface area contributed by atoms with Gasteiger partial charge in [0.25, 0.3) is 0 Å². The minimum absolute atomic E-state index is 0.799. The number of hydrogen-bond donors (Lipinski definition) is 1. The van der Waals surface area contributed by atoms with Crippen molar-refractivity contribution in [1.82, 2.24) is 15.3 Å². The van der Waals surface area contributed by atoms with E-state index in [0.717, 1.165) is 29.3 Å². The van der Waals surface area contributed by atoms with Crippen LogP contribution in [0.2, 0.25) is 0 Å². The predicted octanol–water partition coefficient (Wildman–Crippen LogP) is 3.29. The summed E-state index contributed by atoms with van der Waals surface area (Å²) in [6, 6.07) is 10.4. The highest BCUT2D eigenvalue weighted by Gasteiger charge is 2.02. The van der Waals surface area contributed by atoms with Crippen LogP contribution in [0.4, 0.5) is 0 Å². The van der Waals surface area contributed by atoms with Crippen LogP contribution in [0.3, 0.4) is 0 Å². The molecule has 1 N–H and O–H groups in total. The minimum Gasteiger partial charge on any atom is -0.307 e. The Morgan fingerprint density at radius 3 is 2.89 bits per heavy atom.